The first kappa shape index (κ1) is 19.9. The van der Waals surface area contributed by atoms with E-state index in [1.165, 1.54) is 11.1 Å². The molecule has 136 valence electrons. The van der Waals surface area contributed by atoms with Gasteiger partial charge in [-0.2, -0.15) is 0 Å². The van der Waals surface area contributed by atoms with E-state index in [1.54, 1.807) is 0 Å². The van der Waals surface area contributed by atoms with Gasteiger partial charge in [0.15, 0.2) is 8.32 Å². The van der Waals surface area contributed by atoms with Crippen molar-refractivity contribution in [2.75, 3.05) is 0 Å². The zero-order chi connectivity index (χ0) is 18.5. The number of nitrogens with one attached hydrogen (secondary N) is 1. The van der Waals surface area contributed by atoms with Crippen LogP contribution in [0.15, 0.2) is 60.7 Å². The van der Waals surface area contributed by atoms with Gasteiger partial charge in [-0.05, 0) is 36.2 Å². The lowest BCUT2D eigenvalue weighted by Crippen LogP contribution is -2.46. The largest absolute Gasteiger partial charge is 0.412 e. The third-order valence-corrected chi connectivity index (χ3v) is 9.86. The van der Waals surface area contributed by atoms with E-state index in [1.807, 2.05) is 0 Å². The van der Waals surface area contributed by atoms with E-state index in [0.717, 1.165) is 6.54 Å². The molecule has 3 heteroatoms. The molecule has 2 aromatic carbocycles. The average molecular weight is 356 g/mol. The highest BCUT2D eigenvalue weighted by molar-refractivity contribution is 6.74. The maximum Gasteiger partial charge on any atom is 0.192 e. The monoisotopic (exact) mass is 355 g/mol. The zero-order valence-electron chi connectivity index (χ0n) is 16.5. The second-order valence-electron chi connectivity index (χ2n) is 8.34. The molecule has 0 aliphatic rings. The lowest BCUT2D eigenvalue weighted by atomic mass is 10.0. The van der Waals surface area contributed by atoms with Crippen LogP contribution in [0.5, 0.6) is 0 Å². The van der Waals surface area contributed by atoms with Gasteiger partial charge < -0.3 is 9.74 Å². The summed E-state index contributed by atoms with van der Waals surface area (Å²) in [6, 6.07) is 21.4. The third kappa shape index (κ3) is 5.53. The van der Waals surface area contributed by atoms with Crippen molar-refractivity contribution in [1.82, 2.24) is 5.32 Å². The fourth-order valence-electron chi connectivity index (χ4n) is 2.75. The number of hydrogen-bond donors (Lipinski definition) is 1. The molecule has 0 radical (unpaired) electrons. The summed E-state index contributed by atoms with van der Waals surface area (Å²) in [5.41, 5.74) is 2.58. The van der Waals surface area contributed by atoms with Crippen LogP contribution >= 0.6 is 0 Å². The van der Waals surface area contributed by atoms with Crippen molar-refractivity contribution in [3.8, 4) is 0 Å². The van der Waals surface area contributed by atoms with Gasteiger partial charge in [-0.25, -0.2) is 0 Å². The lowest BCUT2D eigenvalue weighted by molar-refractivity contribution is 0.151. The summed E-state index contributed by atoms with van der Waals surface area (Å²) < 4.78 is 6.68. The molecule has 0 aliphatic heterocycles. The number of benzene rings is 2. The Morgan fingerprint density at radius 2 is 1.44 bits per heavy atom. The van der Waals surface area contributed by atoms with Crippen LogP contribution in [0.4, 0.5) is 0 Å². The Balaban J connectivity index is 2.17. The summed E-state index contributed by atoms with van der Waals surface area (Å²) in [5.74, 6) is 0. The predicted octanol–water partition coefficient (Wildman–Crippen LogP) is 5.93. The van der Waals surface area contributed by atoms with Crippen molar-refractivity contribution in [3.63, 3.8) is 0 Å². The minimum Gasteiger partial charge on any atom is -0.412 e. The summed E-state index contributed by atoms with van der Waals surface area (Å²) >= 11 is 0. The fraction of sp³-hybridized carbons (Fsp3) is 0.455. The maximum absolute atomic E-state index is 6.68. The van der Waals surface area contributed by atoms with Gasteiger partial charge in [0.25, 0.3) is 0 Å². The summed E-state index contributed by atoms with van der Waals surface area (Å²) in [6.45, 7) is 14.6. The van der Waals surface area contributed by atoms with Crippen LogP contribution in [0.25, 0.3) is 0 Å². The molecule has 1 N–H and O–H groups in total. The van der Waals surface area contributed by atoms with E-state index >= 15 is 0 Å². The van der Waals surface area contributed by atoms with E-state index in [4.69, 9.17) is 4.43 Å². The van der Waals surface area contributed by atoms with Crippen LogP contribution in [0, 0.1) is 0 Å². The number of rotatable bonds is 7. The Labute approximate surface area is 154 Å². The summed E-state index contributed by atoms with van der Waals surface area (Å²) in [4.78, 5) is 0. The maximum atomic E-state index is 6.68. The fourth-order valence-corrected chi connectivity index (χ4v) is 4.17. The van der Waals surface area contributed by atoms with Gasteiger partial charge in [0.05, 0.1) is 12.1 Å². The van der Waals surface area contributed by atoms with Crippen molar-refractivity contribution in [2.45, 2.75) is 64.5 Å². The molecule has 2 atom stereocenters. The smallest absolute Gasteiger partial charge is 0.192 e. The second kappa shape index (κ2) is 8.30. The van der Waals surface area contributed by atoms with Crippen molar-refractivity contribution < 1.29 is 4.43 Å². The van der Waals surface area contributed by atoms with Gasteiger partial charge >= 0.3 is 0 Å². The molecule has 0 fully saturated rings. The molecule has 2 nitrogen and oxygen atoms in total. The van der Waals surface area contributed by atoms with Gasteiger partial charge in [-0.3, -0.25) is 0 Å². The summed E-state index contributed by atoms with van der Waals surface area (Å²) in [6.07, 6.45) is 0.118. The Morgan fingerprint density at radius 3 is 1.96 bits per heavy atom. The zero-order valence-corrected chi connectivity index (χ0v) is 17.5. The van der Waals surface area contributed by atoms with Gasteiger partial charge in [-0.1, -0.05) is 81.4 Å². The molecule has 0 saturated heterocycles. The topological polar surface area (TPSA) is 21.3 Å². The van der Waals surface area contributed by atoms with Crippen LogP contribution in [-0.2, 0) is 11.0 Å². The first-order valence-electron chi connectivity index (χ1n) is 9.21. The Morgan fingerprint density at radius 1 is 0.920 bits per heavy atom. The minimum absolute atomic E-state index is 0.118. The molecule has 0 amide bonds. The standard InChI is InChI=1S/C22H33NOSi/c1-18(24-25(5,6)22(2,3)4)21(20-15-11-8-12-16-20)23-17-19-13-9-7-10-14-19/h7-16,18,21,23H,17H2,1-6H3/t18-,21-/m0/s1. The molecule has 0 heterocycles. The van der Waals surface area contributed by atoms with E-state index < -0.39 is 8.32 Å². The van der Waals surface area contributed by atoms with Crippen molar-refractivity contribution >= 4 is 8.32 Å². The second-order valence-corrected chi connectivity index (χ2v) is 13.1. The molecular weight excluding hydrogens is 322 g/mol. The van der Waals surface area contributed by atoms with E-state index in [-0.39, 0.29) is 17.2 Å². The Hall–Kier alpha value is -1.42. The van der Waals surface area contributed by atoms with Crippen molar-refractivity contribution in [1.29, 1.82) is 0 Å². The highest BCUT2D eigenvalue weighted by Crippen LogP contribution is 2.38. The normalized spacial score (nSPS) is 15.0. The van der Waals surface area contributed by atoms with Gasteiger partial charge in [0.1, 0.15) is 0 Å². The van der Waals surface area contributed by atoms with Crippen LogP contribution in [0.3, 0.4) is 0 Å². The predicted molar refractivity (Wildman–Crippen MR) is 110 cm³/mol. The molecule has 0 bridgehead atoms. The van der Waals surface area contributed by atoms with Crippen LogP contribution in [0.2, 0.25) is 18.1 Å². The summed E-state index contributed by atoms with van der Waals surface area (Å²) in [5, 5.41) is 3.93. The Bertz CT molecular complexity index is 634. The molecular formula is C22H33NOSi. The van der Waals surface area contributed by atoms with E-state index in [9.17, 15) is 0 Å². The van der Waals surface area contributed by atoms with Gasteiger partial charge in [-0.15, -0.1) is 0 Å². The highest BCUT2D eigenvalue weighted by atomic mass is 28.4. The van der Waals surface area contributed by atoms with E-state index in [2.05, 4.69) is 107 Å². The molecule has 0 saturated carbocycles. The highest BCUT2D eigenvalue weighted by Gasteiger charge is 2.39. The van der Waals surface area contributed by atoms with Crippen LogP contribution in [0.1, 0.15) is 44.9 Å². The third-order valence-electron chi connectivity index (χ3n) is 5.28. The van der Waals surface area contributed by atoms with E-state index in [0.29, 0.717) is 0 Å². The molecule has 0 aromatic heterocycles. The van der Waals surface area contributed by atoms with Crippen LogP contribution < -0.4 is 5.32 Å². The first-order chi connectivity index (χ1) is 11.7. The van der Waals surface area contributed by atoms with Crippen molar-refractivity contribution in [2.24, 2.45) is 0 Å². The molecule has 25 heavy (non-hydrogen) atoms. The minimum atomic E-state index is -1.81. The molecule has 0 unspecified atom stereocenters. The molecule has 0 aliphatic carbocycles. The molecule has 2 rings (SSSR count). The average Bonchev–Trinajstić information content (AvgIpc) is 2.55. The van der Waals surface area contributed by atoms with Crippen molar-refractivity contribution in [3.05, 3.63) is 71.8 Å². The van der Waals surface area contributed by atoms with Gasteiger partial charge in [0.2, 0.25) is 0 Å². The van der Waals surface area contributed by atoms with Gasteiger partial charge in [0, 0.05) is 6.54 Å². The first-order valence-corrected chi connectivity index (χ1v) is 12.1. The molecule has 0 spiro atoms. The SMILES string of the molecule is C[C@H](O[Si](C)(C)C(C)(C)C)[C@H](NCc1ccccc1)c1ccccc1. The van der Waals surface area contributed by atoms with Crippen LogP contribution in [-0.4, -0.2) is 14.4 Å². The number of hydrogen-bond acceptors (Lipinski definition) is 2. The quantitative estimate of drug-likeness (QED) is 0.622. The molecule has 2 aromatic rings. The Kier molecular flexibility index (Phi) is 6.61. The summed E-state index contributed by atoms with van der Waals surface area (Å²) in [7, 11) is -1.81. The lowest BCUT2D eigenvalue weighted by Gasteiger charge is -2.40.